The van der Waals surface area contributed by atoms with Crippen LogP contribution in [0.5, 0.6) is 0 Å². The van der Waals surface area contributed by atoms with Crippen molar-refractivity contribution < 1.29 is 4.39 Å². The van der Waals surface area contributed by atoms with Crippen molar-refractivity contribution in [2.24, 2.45) is 0 Å². The van der Waals surface area contributed by atoms with Gasteiger partial charge in [0.1, 0.15) is 5.82 Å². The van der Waals surface area contributed by atoms with Crippen molar-refractivity contribution in [3.63, 3.8) is 0 Å². The van der Waals surface area contributed by atoms with Gasteiger partial charge in [0.15, 0.2) is 0 Å². The lowest BCUT2D eigenvalue weighted by Gasteiger charge is -2.18. The molecule has 0 amide bonds. The van der Waals surface area contributed by atoms with Crippen LogP contribution in [0.2, 0.25) is 0 Å². The van der Waals surface area contributed by atoms with Gasteiger partial charge in [-0.25, -0.2) is 4.39 Å². The Labute approximate surface area is 133 Å². The van der Waals surface area contributed by atoms with Gasteiger partial charge in [-0.15, -0.1) is 0 Å². The molecule has 2 rings (SSSR count). The summed E-state index contributed by atoms with van der Waals surface area (Å²) < 4.78 is 16.2. The third-order valence-electron chi connectivity index (χ3n) is 3.68. The van der Waals surface area contributed by atoms with Gasteiger partial charge >= 0.3 is 0 Å². The normalized spacial score (nSPS) is 12.6. The number of hydrogen-bond donors (Lipinski definition) is 1. The first kappa shape index (κ1) is 16.2. The predicted octanol–water partition coefficient (Wildman–Crippen LogP) is 3.66. The van der Waals surface area contributed by atoms with Gasteiger partial charge in [0.2, 0.25) is 0 Å². The van der Waals surface area contributed by atoms with Crippen LogP contribution >= 0.6 is 15.9 Å². The number of nitrogens with one attached hydrogen (secondary N) is 1. The Hall–Kier alpha value is -1.20. The lowest BCUT2D eigenvalue weighted by atomic mass is 9.94. The lowest BCUT2D eigenvalue weighted by Crippen LogP contribution is -2.20. The van der Waals surface area contributed by atoms with E-state index in [-0.39, 0.29) is 11.7 Å². The number of benzene rings is 1. The summed E-state index contributed by atoms with van der Waals surface area (Å²) in [6.45, 7) is 5.78. The Kier molecular flexibility index (Phi) is 5.53. The number of aromatic nitrogens is 2. The van der Waals surface area contributed by atoms with Crippen molar-refractivity contribution in [1.82, 2.24) is 15.1 Å². The van der Waals surface area contributed by atoms with E-state index in [1.54, 1.807) is 0 Å². The molecule has 0 saturated carbocycles. The van der Waals surface area contributed by atoms with Crippen LogP contribution in [0.3, 0.4) is 0 Å². The van der Waals surface area contributed by atoms with Crippen LogP contribution < -0.4 is 5.32 Å². The monoisotopic (exact) mass is 353 g/mol. The summed E-state index contributed by atoms with van der Waals surface area (Å²) in [5, 5.41) is 7.77. The highest BCUT2D eigenvalue weighted by Crippen LogP contribution is 2.27. The molecule has 114 valence electrons. The lowest BCUT2D eigenvalue weighted by molar-refractivity contribution is 0.560. The highest BCUT2D eigenvalue weighted by Gasteiger charge is 2.18. The van der Waals surface area contributed by atoms with Gasteiger partial charge in [-0.3, -0.25) is 4.68 Å². The molecule has 1 aromatic carbocycles. The average Bonchev–Trinajstić information content (AvgIpc) is 2.75. The smallest absolute Gasteiger partial charge is 0.123 e. The minimum absolute atomic E-state index is 0.197. The predicted molar refractivity (Wildman–Crippen MR) is 87.1 cm³/mol. The van der Waals surface area contributed by atoms with E-state index in [1.165, 1.54) is 17.8 Å². The summed E-state index contributed by atoms with van der Waals surface area (Å²) in [6.07, 6.45) is 0.863. The van der Waals surface area contributed by atoms with Crippen LogP contribution in [0.25, 0.3) is 0 Å². The van der Waals surface area contributed by atoms with Crippen molar-refractivity contribution in [2.75, 3.05) is 13.6 Å². The van der Waals surface area contributed by atoms with Crippen LogP contribution in [0.15, 0.2) is 28.7 Å². The molecule has 0 saturated heterocycles. The zero-order valence-electron chi connectivity index (χ0n) is 12.7. The molecule has 0 spiro atoms. The van der Waals surface area contributed by atoms with Crippen molar-refractivity contribution in [3.05, 3.63) is 51.5 Å². The zero-order chi connectivity index (χ0) is 15.4. The molecule has 1 N–H and O–H groups in total. The second kappa shape index (κ2) is 7.18. The molecule has 0 aliphatic carbocycles. The number of nitrogens with zero attached hydrogens (tertiary/aromatic N) is 2. The van der Waals surface area contributed by atoms with Gasteiger partial charge in [0, 0.05) is 19.0 Å². The molecule has 1 atom stereocenters. The van der Waals surface area contributed by atoms with Crippen LogP contribution in [0.1, 0.15) is 29.8 Å². The number of halogens is 2. The van der Waals surface area contributed by atoms with Gasteiger partial charge in [-0.2, -0.15) is 5.10 Å². The van der Waals surface area contributed by atoms with E-state index in [4.69, 9.17) is 0 Å². The summed E-state index contributed by atoms with van der Waals surface area (Å²) in [7, 11) is 1.94. The second-order valence-corrected chi connectivity index (χ2v) is 5.97. The summed E-state index contributed by atoms with van der Waals surface area (Å²) in [6, 6.07) is 6.78. The fraction of sp³-hybridized carbons (Fsp3) is 0.438. The van der Waals surface area contributed by atoms with Crippen LogP contribution in [-0.2, 0) is 13.0 Å². The SMILES string of the molecule is CCn1nc(C)c(Br)c1CC(CNC)c1ccc(F)cc1. The number of rotatable bonds is 6. The molecule has 1 aromatic heterocycles. The van der Waals surface area contributed by atoms with Crippen molar-refractivity contribution in [2.45, 2.75) is 32.7 Å². The van der Waals surface area contributed by atoms with E-state index in [1.807, 2.05) is 30.8 Å². The van der Waals surface area contributed by atoms with Crippen LogP contribution in [-0.4, -0.2) is 23.4 Å². The van der Waals surface area contributed by atoms with Gasteiger partial charge in [0.05, 0.1) is 15.9 Å². The largest absolute Gasteiger partial charge is 0.319 e. The summed E-state index contributed by atoms with van der Waals surface area (Å²) in [5.74, 6) is 0.0888. The maximum atomic E-state index is 13.1. The third-order valence-corrected chi connectivity index (χ3v) is 4.72. The first-order chi connectivity index (χ1) is 10.1. The Bertz CT molecular complexity index is 592. The average molecular weight is 354 g/mol. The van der Waals surface area contributed by atoms with Crippen molar-refractivity contribution >= 4 is 15.9 Å². The minimum atomic E-state index is -0.197. The molecule has 2 aromatic rings. The van der Waals surface area contributed by atoms with Crippen LogP contribution in [0, 0.1) is 12.7 Å². The Balaban J connectivity index is 2.30. The number of aryl methyl sites for hydroxylation is 2. The zero-order valence-corrected chi connectivity index (χ0v) is 14.2. The van der Waals surface area contributed by atoms with Crippen molar-refractivity contribution in [1.29, 1.82) is 0 Å². The second-order valence-electron chi connectivity index (χ2n) is 5.17. The van der Waals surface area contributed by atoms with Gasteiger partial charge in [-0.05, 0) is 60.9 Å². The van der Waals surface area contributed by atoms with E-state index in [0.717, 1.165) is 35.2 Å². The Morgan fingerprint density at radius 3 is 2.57 bits per heavy atom. The standard InChI is InChI=1S/C16H21BrFN3/c1-4-21-15(16(17)11(2)20-21)9-13(10-19-3)12-5-7-14(18)8-6-12/h5-8,13,19H,4,9-10H2,1-3H3. The van der Waals surface area contributed by atoms with E-state index < -0.39 is 0 Å². The van der Waals surface area contributed by atoms with Crippen molar-refractivity contribution in [3.8, 4) is 0 Å². The maximum absolute atomic E-state index is 13.1. The molecule has 21 heavy (non-hydrogen) atoms. The topological polar surface area (TPSA) is 29.9 Å². The van der Waals surface area contributed by atoms with E-state index in [0.29, 0.717) is 0 Å². The summed E-state index contributed by atoms with van der Waals surface area (Å²) in [5.41, 5.74) is 3.34. The van der Waals surface area contributed by atoms with Gasteiger partial charge in [-0.1, -0.05) is 12.1 Å². The molecule has 5 heteroatoms. The van der Waals surface area contributed by atoms with E-state index >= 15 is 0 Å². The highest BCUT2D eigenvalue weighted by molar-refractivity contribution is 9.10. The fourth-order valence-corrected chi connectivity index (χ4v) is 3.03. The fourth-order valence-electron chi connectivity index (χ4n) is 2.59. The van der Waals surface area contributed by atoms with Gasteiger partial charge in [0.25, 0.3) is 0 Å². The Morgan fingerprint density at radius 2 is 2.00 bits per heavy atom. The quantitative estimate of drug-likeness (QED) is 0.858. The number of hydrogen-bond acceptors (Lipinski definition) is 2. The Morgan fingerprint density at radius 1 is 1.33 bits per heavy atom. The molecule has 0 bridgehead atoms. The number of likely N-dealkylation sites (N-methyl/N-ethyl adjacent to an activating group) is 1. The van der Waals surface area contributed by atoms with Gasteiger partial charge < -0.3 is 5.32 Å². The molecule has 1 unspecified atom stereocenters. The molecular formula is C16H21BrFN3. The summed E-state index contributed by atoms with van der Waals surface area (Å²) in [4.78, 5) is 0. The molecule has 3 nitrogen and oxygen atoms in total. The minimum Gasteiger partial charge on any atom is -0.319 e. The van der Waals surface area contributed by atoms with Crippen LogP contribution in [0.4, 0.5) is 4.39 Å². The first-order valence-electron chi connectivity index (χ1n) is 7.18. The van der Waals surface area contributed by atoms with E-state index in [2.05, 4.69) is 33.3 Å². The molecule has 0 radical (unpaired) electrons. The molecule has 0 aliphatic rings. The molecule has 1 heterocycles. The first-order valence-corrected chi connectivity index (χ1v) is 7.98. The maximum Gasteiger partial charge on any atom is 0.123 e. The molecular weight excluding hydrogens is 333 g/mol. The molecule has 0 fully saturated rings. The van der Waals surface area contributed by atoms with E-state index in [9.17, 15) is 4.39 Å². The summed E-state index contributed by atoms with van der Waals surface area (Å²) >= 11 is 3.64. The highest BCUT2D eigenvalue weighted by atomic mass is 79.9. The third kappa shape index (κ3) is 3.71. The molecule has 0 aliphatic heterocycles.